The van der Waals surface area contributed by atoms with Gasteiger partial charge in [-0.15, -0.1) is 17.8 Å². The Bertz CT molecular complexity index is 1370. The minimum Gasteiger partial charge on any atom is -0.484 e. The maximum Gasteiger partial charge on any atom is 0.270 e. The normalized spacial score (nSPS) is 15.0. The van der Waals surface area contributed by atoms with Crippen LogP contribution in [-0.4, -0.2) is 72.6 Å². The summed E-state index contributed by atoms with van der Waals surface area (Å²) in [6.07, 6.45) is 6.69. The van der Waals surface area contributed by atoms with Crippen molar-refractivity contribution < 1.29 is 14.3 Å². The van der Waals surface area contributed by atoms with E-state index in [4.69, 9.17) is 11.2 Å². The Morgan fingerprint density at radius 1 is 1.28 bits per heavy atom. The van der Waals surface area contributed by atoms with Crippen molar-refractivity contribution in [3.05, 3.63) is 43.8 Å². The number of amides is 2. The van der Waals surface area contributed by atoms with Gasteiger partial charge >= 0.3 is 0 Å². The summed E-state index contributed by atoms with van der Waals surface area (Å²) >= 11 is 1.03. The van der Waals surface area contributed by atoms with Crippen molar-refractivity contribution in [2.45, 2.75) is 13.5 Å². The van der Waals surface area contributed by atoms with E-state index >= 15 is 0 Å². The van der Waals surface area contributed by atoms with Gasteiger partial charge in [0.25, 0.3) is 17.4 Å². The third-order valence-corrected chi connectivity index (χ3v) is 6.68. The average Bonchev–Trinajstić information content (AvgIpc) is 3.20. The van der Waals surface area contributed by atoms with Crippen LogP contribution in [0.4, 0.5) is 5.69 Å². The average molecular weight is 509 g/mol. The molecule has 3 rings (SSSR count). The zero-order valence-electron chi connectivity index (χ0n) is 20.2. The van der Waals surface area contributed by atoms with Gasteiger partial charge in [-0.2, -0.15) is 5.26 Å². The van der Waals surface area contributed by atoms with Gasteiger partial charge in [-0.1, -0.05) is 12.0 Å². The fraction of sp³-hybridized carbons (Fsp3) is 0.360. The molecule has 0 bridgehead atoms. The van der Waals surface area contributed by atoms with Crippen LogP contribution in [0.3, 0.4) is 0 Å². The van der Waals surface area contributed by atoms with Crippen molar-refractivity contribution in [2.75, 3.05) is 51.7 Å². The van der Waals surface area contributed by atoms with E-state index < -0.39 is 5.91 Å². The molecule has 1 saturated heterocycles. The van der Waals surface area contributed by atoms with E-state index in [1.165, 1.54) is 10.8 Å². The number of nitrogens with zero attached hydrogens (tertiary/aromatic N) is 4. The van der Waals surface area contributed by atoms with Crippen LogP contribution >= 0.6 is 11.3 Å². The van der Waals surface area contributed by atoms with Gasteiger partial charge < -0.3 is 25.2 Å². The summed E-state index contributed by atoms with van der Waals surface area (Å²) in [5, 5.41) is 15.0. The Kier molecular flexibility index (Phi) is 9.28. The van der Waals surface area contributed by atoms with E-state index in [2.05, 4.69) is 21.5 Å². The van der Waals surface area contributed by atoms with Crippen molar-refractivity contribution in [1.82, 2.24) is 19.7 Å². The quantitative estimate of drug-likeness (QED) is 0.455. The first-order valence-corrected chi connectivity index (χ1v) is 12.2. The number of terminal acetylenes is 1. The summed E-state index contributed by atoms with van der Waals surface area (Å²) in [4.78, 5) is 41.6. The highest BCUT2D eigenvalue weighted by molar-refractivity contribution is 7.07. The van der Waals surface area contributed by atoms with Gasteiger partial charge in [0.1, 0.15) is 21.0 Å². The molecule has 1 fully saturated rings. The molecule has 2 heterocycles. The van der Waals surface area contributed by atoms with E-state index in [1.54, 1.807) is 36.1 Å². The number of aromatic nitrogens is 1. The minimum absolute atomic E-state index is 0.0222. The molecular formula is C25H28N6O4S. The van der Waals surface area contributed by atoms with Gasteiger partial charge in [0.05, 0.1) is 6.54 Å². The largest absolute Gasteiger partial charge is 0.484 e. The summed E-state index contributed by atoms with van der Waals surface area (Å²) in [6, 6.07) is 8.91. The zero-order valence-corrected chi connectivity index (χ0v) is 21.1. The number of thiazole rings is 1. The molecule has 1 aliphatic heterocycles. The van der Waals surface area contributed by atoms with Gasteiger partial charge in [-0.3, -0.25) is 19.0 Å². The van der Waals surface area contributed by atoms with Gasteiger partial charge in [-0.05, 0) is 26.1 Å². The molecule has 0 radical (unpaired) electrons. The number of nitriles is 1. The van der Waals surface area contributed by atoms with Crippen LogP contribution < -0.4 is 30.1 Å². The lowest BCUT2D eigenvalue weighted by Gasteiger charge is -2.32. The minimum atomic E-state index is -0.630. The molecule has 10 nitrogen and oxygen atoms in total. The predicted octanol–water partition coefficient (Wildman–Crippen LogP) is -0.644. The van der Waals surface area contributed by atoms with Gasteiger partial charge in [0.15, 0.2) is 12.2 Å². The van der Waals surface area contributed by atoms with E-state index in [0.717, 1.165) is 24.4 Å². The topological polar surface area (TPSA) is 120 Å². The molecule has 36 heavy (non-hydrogen) atoms. The third-order valence-electron chi connectivity index (χ3n) is 5.55. The molecule has 0 saturated carbocycles. The molecule has 1 aliphatic rings. The number of anilines is 1. The molecule has 0 unspecified atom stereocenters. The molecule has 2 N–H and O–H groups in total. The van der Waals surface area contributed by atoms with Crippen LogP contribution in [0, 0.1) is 23.7 Å². The summed E-state index contributed by atoms with van der Waals surface area (Å²) in [7, 11) is 2.03. The second-order valence-corrected chi connectivity index (χ2v) is 9.01. The van der Waals surface area contributed by atoms with E-state index in [1.807, 2.05) is 13.1 Å². The van der Waals surface area contributed by atoms with Gasteiger partial charge in [0.2, 0.25) is 0 Å². The number of carbonyl (C=O) groups excluding carboxylic acids is 2. The van der Waals surface area contributed by atoms with Gasteiger partial charge in [0, 0.05) is 50.7 Å². The highest BCUT2D eigenvalue weighted by atomic mass is 32.1. The summed E-state index contributed by atoms with van der Waals surface area (Å²) in [5.41, 5.74) is 0.148. The van der Waals surface area contributed by atoms with Crippen molar-refractivity contribution in [3.63, 3.8) is 0 Å². The molecule has 1 aromatic heterocycles. The molecule has 2 aromatic rings. The maximum atomic E-state index is 12.9. The van der Waals surface area contributed by atoms with Crippen molar-refractivity contribution in [2.24, 2.45) is 0 Å². The third kappa shape index (κ3) is 6.54. The number of ether oxygens (including phenoxy) is 1. The highest BCUT2D eigenvalue weighted by Crippen LogP contribution is 2.17. The molecule has 0 spiro atoms. The number of likely N-dealkylation sites (N-methyl/N-ethyl adjacent to an activating group) is 1. The summed E-state index contributed by atoms with van der Waals surface area (Å²) in [5.74, 6) is 2.10. The molecule has 188 valence electrons. The number of hydrogen-bond acceptors (Lipinski definition) is 8. The van der Waals surface area contributed by atoms with Crippen LogP contribution in [0.15, 0.2) is 29.1 Å². The molecule has 0 aliphatic carbocycles. The van der Waals surface area contributed by atoms with Crippen molar-refractivity contribution in [3.8, 4) is 24.2 Å². The van der Waals surface area contributed by atoms with E-state index in [9.17, 15) is 19.6 Å². The monoisotopic (exact) mass is 508 g/mol. The molecule has 11 heteroatoms. The number of rotatable bonds is 8. The lowest BCUT2D eigenvalue weighted by atomic mass is 10.3. The number of hydrogen-bond donors (Lipinski definition) is 2. The molecule has 1 aromatic carbocycles. The predicted molar refractivity (Wildman–Crippen MR) is 138 cm³/mol. The Labute approximate surface area is 213 Å². The Morgan fingerprint density at radius 2 is 2.03 bits per heavy atom. The molecule has 0 atom stereocenters. The first-order valence-electron chi connectivity index (χ1n) is 11.4. The Balaban J connectivity index is 1.76. The highest BCUT2D eigenvalue weighted by Gasteiger charge is 2.19. The Morgan fingerprint density at radius 3 is 2.69 bits per heavy atom. The van der Waals surface area contributed by atoms with Gasteiger partial charge in [-0.25, -0.2) is 0 Å². The summed E-state index contributed by atoms with van der Waals surface area (Å²) in [6.45, 7) is 5.02. The second kappa shape index (κ2) is 12.6. The fourth-order valence-corrected chi connectivity index (χ4v) is 4.61. The molecule has 2 amide bonds. The van der Waals surface area contributed by atoms with Crippen molar-refractivity contribution in [1.29, 1.82) is 5.26 Å². The van der Waals surface area contributed by atoms with E-state index in [-0.39, 0.29) is 41.4 Å². The van der Waals surface area contributed by atoms with Crippen molar-refractivity contribution >= 4 is 40.6 Å². The fourth-order valence-electron chi connectivity index (χ4n) is 3.52. The van der Waals surface area contributed by atoms with Crippen LogP contribution in [0.5, 0.6) is 5.75 Å². The SMILES string of the molecule is C#CCNC(=O)C(C#N)=c1sc(=CNc2cccc(OCC(=O)N3CCN(C)CC3)c2)c(=O)n1CC. The van der Waals surface area contributed by atoms with Crippen LogP contribution in [0.2, 0.25) is 0 Å². The number of benzene rings is 1. The smallest absolute Gasteiger partial charge is 0.270 e. The lowest BCUT2D eigenvalue weighted by molar-refractivity contribution is -0.134. The lowest BCUT2D eigenvalue weighted by Crippen LogP contribution is -2.48. The van der Waals surface area contributed by atoms with Crippen LogP contribution in [0.25, 0.3) is 11.8 Å². The van der Waals surface area contributed by atoms with E-state index in [0.29, 0.717) is 29.1 Å². The second-order valence-electron chi connectivity index (χ2n) is 7.98. The summed E-state index contributed by atoms with van der Waals surface area (Å²) < 4.78 is 7.64. The first kappa shape index (κ1) is 26.5. The standard InChI is InChI=1S/C25H28N6O4S/c1-4-9-27-23(33)20(15-26)25-31(5-2)24(34)21(36-25)16-28-18-7-6-8-19(14-18)35-17-22(32)30-12-10-29(3)11-13-30/h1,6-8,14,16,28H,5,9-13,17H2,2-3H3,(H,27,33). The number of carbonyl (C=O) groups is 2. The molecular weight excluding hydrogens is 480 g/mol. The Hall–Kier alpha value is -4.06. The maximum absolute atomic E-state index is 12.9. The number of piperazine rings is 1. The van der Waals surface area contributed by atoms with Crippen LogP contribution in [-0.2, 0) is 16.1 Å². The number of nitrogens with one attached hydrogen (secondary N) is 2. The first-order chi connectivity index (χ1) is 17.4. The van der Waals surface area contributed by atoms with Crippen LogP contribution in [0.1, 0.15) is 6.92 Å². The zero-order chi connectivity index (χ0) is 26.1.